The Bertz CT molecular complexity index is 685. The summed E-state index contributed by atoms with van der Waals surface area (Å²) in [6.07, 6.45) is 16.0. The average Bonchev–Trinajstić information content (AvgIpc) is 3.01. The van der Waals surface area contributed by atoms with E-state index in [1.165, 1.54) is 51.4 Å². The van der Waals surface area contributed by atoms with Gasteiger partial charge in [-0.2, -0.15) is 0 Å². The van der Waals surface area contributed by atoms with Crippen molar-refractivity contribution in [2.75, 3.05) is 0 Å². The molecule has 164 valence electrons. The molecule has 4 aliphatic rings. The van der Waals surface area contributed by atoms with Crippen molar-refractivity contribution in [2.24, 2.45) is 34.5 Å². The highest BCUT2D eigenvalue weighted by Crippen LogP contribution is 2.66. The average molecular weight is 403 g/mol. The van der Waals surface area contributed by atoms with Crippen molar-refractivity contribution in [1.29, 1.82) is 0 Å². The van der Waals surface area contributed by atoms with Crippen LogP contribution in [0.4, 0.5) is 4.39 Å². The summed E-state index contributed by atoms with van der Waals surface area (Å²) in [5.74, 6) is 2.71. The topological polar surface area (TPSA) is 20.2 Å². The van der Waals surface area contributed by atoms with Gasteiger partial charge in [0.15, 0.2) is 0 Å². The zero-order chi connectivity index (χ0) is 21.0. The summed E-state index contributed by atoms with van der Waals surface area (Å²) in [6.45, 7) is 10.6. The van der Waals surface area contributed by atoms with Crippen LogP contribution in [0.3, 0.4) is 0 Å². The summed E-state index contributed by atoms with van der Waals surface area (Å²) in [4.78, 5) is 0. The minimum absolute atomic E-state index is 0.374. The van der Waals surface area contributed by atoms with Gasteiger partial charge >= 0.3 is 0 Å². The second-order valence-corrected chi connectivity index (χ2v) is 12.0. The first-order chi connectivity index (χ1) is 13.6. The van der Waals surface area contributed by atoms with Gasteiger partial charge in [0.1, 0.15) is 6.17 Å². The van der Waals surface area contributed by atoms with Crippen LogP contribution >= 0.6 is 0 Å². The van der Waals surface area contributed by atoms with Gasteiger partial charge in [-0.05, 0) is 106 Å². The Kier molecular flexibility index (Phi) is 5.59. The first-order valence-electron chi connectivity index (χ1n) is 12.3. The molecule has 4 rings (SSSR count). The van der Waals surface area contributed by atoms with Gasteiger partial charge in [-0.3, -0.25) is 0 Å². The van der Waals surface area contributed by atoms with Crippen LogP contribution < -0.4 is 0 Å². The molecule has 3 saturated carbocycles. The molecule has 3 fully saturated rings. The number of aliphatic hydroxyl groups is 1. The summed E-state index contributed by atoms with van der Waals surface area (Å²) < 4.78 is 14.3. The van der Waals surface area contributed by atoms with Gasteiger partial charge in [-0.15, -0.1) is 0 Å². The number of rotatable bonds is 5. The quantitative estimate of drug-likeness (QED) is 0.508. The molecule has 0 bridgehead atoms. The molecule has 0 aromatic heterocycles. The van der Waals surface area contributed by atoms with E-state index in [0.29, 0.717) is 29.1 Å². The Hall–Kier alpha value is -0.630. The third-order valence-corrected chi connectivity index (χ3v) is 9.89. The second-order valence-electron chi connectivity index (χ2n) is 12.0. The van der Waals surface area contributed by atoms with Gasteiger partial charge in [0.2, 0.25) is 0 Å². The monoisotopic (exact) mass is 402 g/mol. The minimum atomic E-state index is -1.22. The van der Waals surface area contributed by atoms with Crippen LogP contribution in [0.25, 0.3) is 0 Å². The van der Waals surface area contributed by atoms with Crippen LogP contribution in [0.2, 0.25) is 0 Å². The van der Waals surface area contributed by atoms with E-state index in [-0.39, 0.29) is 0 Å². The summed E-state index contributed by atoms with van der Waals surface area (Å²) in [7, 11) is 0. The Morgan fingerprint density at radius 3 is 2.55 bits per heavy atom. The Balaban J connectivity index is 1.50. The molecule has 0 aliphatic heterocycles. The van der Waals surface area contributed by atoms with Crippen molar-refractivity contribution in [1.82, 2.24) is 0 Å². The first kappa shape index (κ1) is 21.6. The van der Waals surface area contributed by atoms with E-state index < -0.39 is 11.8 Å². The molecular formula is C27H43FO. The van der Waals surface area contributed by atoms with Gasteiger partial charge in [-0.1, -0.05) is 50.5 Å². The SMILES string of the molecule is C[C@H](CCC(F)C(C)(C)O)[C@H]1CC[C@H]2C3=CC=C4CCCC[C@]4(C)[C@H]3CC[C@]12C. The molecule has 0 radical (unpaired) electrons. The molecule has 1 N–H and O–H groups in total. The van der Waals surface area contributed by atoms with Crippen molar-refractivity contribution in [2.45, 2.75) is 111 Å². The lowest BCUT2D eigenvalue weighted by atomic mass is 9.50. The maximum atomic E-state index is 14.3. The predicted molar refractivity (Wildman–Crippen MR) is 119 cm³/mol. The number of hydrogen-bond donors (Lipinski definition) is 1. The minimum Gasteiger partial charge on any atom is -0.387 e. The fraction of sp³-hybridized carbons (Fsp3) is 0.852. The molecule has 0 spiro atoms. The van der Waals surface area contributed by atoms with Crippen molar-refractivity contribution in [3.63, 3.8) is 0 Å². The summed E-state index contributed by atoms with van der Waals surface area (Å²) in [5, 5.41) is 9.96. The normalized spacial score (nSPS) is 41.6. The van der Waals surface area contributed by atoms with Gasteiger partial charge in [0.05, 0.1) is 5.60 Å². The van der Waals surface area contributed by atoms with Crippen molar-refractivity contribution in [3.05, 3.63) is 23.3 Å². The largest absolute Gasteiger partial charge is 0.387 e. The van der Waals surface area contributed by atoms with E-state index in [2.05, 4.69) is 32.9 Å². The van der Waals surface area contributed by atoms with Gasteiger partial charge in [0.25, 0.3) is 0 Å². The lowest BCUT2D eigenvalue weighted by Gasteiger charge is -2.54. The molecule has 0 saturated heterocycles. The van der Waals surface area contributed by atoms with E-state index in [9.17, 15) is 9.50 Å². The molecule has 29 heavy (non-hydrogen) atoms. The smallest absolute Gasteiger partial charge is 0.128 e. The number of hydrogen-bond acceptors (Lipinski definition) is 1. The second kappa shape index (κ2) is 7.50. The summed E-state index contributed by atoms with van der Waals surface area (Å²) in [6, 6.07) is 0. The summed E-state index contributed by atoms with van der Waals surface area (Å²) >= 11 is 0. The zero-order valence-electron chi connectivity index (χ0n) is 19.4. The fourth-order valence-electron chi connectivity index (χ4n) is 7.98. The fourth-order valence-corrected chi connectivity index (χ4v) is 7.98. The van der Waals surface area contributed by atoms with Crippen molar-refractivity contribution < 1.29 is 9.50 Å². The van der Waals surface area contributed by atoms with Crippen LogP contribution in [0.5, 0.6) is 0 Å². The lowest BCUT2D eigenvalue weighted by molar-refractivity contribution is -0.0128. The molecular weight excluding hydrogens is 359 g/mol. The van der Waals surface area contributed by atoms with E-state index in [0.717, 1.165) is 18.3 Å². The highest BCUT2D eigenvalue weighted by molar-refractivity contribution is 5.38. The predicted octanol–water partition coefficient (Wildman–Crippen LogP) is 7.40. The molecule has 7 atom stereocenters. The zero-order valence-corrected chi connectivity index (χ0v) is 19.4. The van der Waals surface area contributed by atoms with E-state index in [1.807, 2.05) is 0 Å². The molecule has 1 unspecified atom stereocenters. The van der Waals surface area contributed by atoms with Crippen LogP contribution in [0, 0.1) is 34.5 Å². The summed E-state index contributed by atoms with van der Waals surface area (Å²) in [5.41, 5.74) is 3.07. The number of allylic oxidation sites excluding steroid dienone is 4. The molecule has 2 heteroatoms. The van der Waals surface area contributed by atoms with Crippen LogP contribution in [0.1, 0.15) is 98.8 Å². The highest BCUT2D eigenvalue weighted by atomic mass is 19.1. The molecule has 4 aliphatic carbocycles. The number of alkyl halides is 1. The third-order valence-electron chi connectivity index (χ3n) is 9.89. The Morgan fingerprint density at radius 2 is 1.83 bits per heavy atom. The first-order valence-corrected chi connectivity index (χ1v) is 12.3. The van der Waals surface area contributed by atoms with Crippen molar-refractivity contribution >= 4 is 0 Å². The van der Waals surface area contributed by atoms with Gasteiger partial charge < -0.3 is 5.11 Å². The van der Waals surface area contributed by atoms with E-state index in [1.54, 1.807) is 25.0 Å². The molecule has 1 nitrogen and oxygen atoms in total. The van der Waals surface area contributed by atoms with E-state index in [4.69, 9.17) is 0 Å². The van der Waals surface area contributed by atoms with Crippen molar-refractivity contribution in [3.8, 4) is 0 Å². The molecule has 0 aromatic carbocycles. The molecule has 0 aromatic rings. The third kappa shape index (κ3) is 3.56. The molecule has 0 amide bonds. The maximum absolute atomic E-state index is 14.3. The van der Waals surface area contributed by atoms with E-state index >= 15 is 0 Å². The Labute approximate surface area is 178 Å². The lowest BCUT2D eigenvalue weighted by Crippen LogP contribution is -2.45. The number of fused-ring (bicyclic) bond motifs is 5. The highest BCUT2D eigenvalue weighted by Gasteiger charge is 2.56. The van der Waals surface area contributed by atoms with Crippen LogP contribution in [0.15, 0.2) is 23.3 Å². The van der Waals surface area contributed by atoms with Crippen LogP contribution in [-0.2, 0) is 0 Å². The van der Waals surface area contributed by atoms with Gasteiger partial charge in [0, 0.05) is 0 Å². The maximum Gasteiger partial charge on any atom is 0.128 e. The standard InChI is InChI=1S/C27H43FO/c1-18(9-14-24(28)25(2,3)29)21-12-13-22-20-11-10-19-8-6-7-16-26(19,4)23(20)15-17-27(21,22)5/h10-11,18,21-24,29H,6-9,12-17H2,1-5H3/t18-,21-,22+,23+,24?,26+,27-/m1/s1. The molecule has 0 heterocycles. The number of halogens is 1. The van der Waals surface area contributed by atoms with Crippen LogP contribution in [-0.4, -0.2) is 16.9 Å². The Morgan fingerprint density at radius 1 is 1.07 bits per heavy atom. The van der Waals surface area contributed by atoms with Gasteiger partial charge in [-0.25, -0.2) is 4.39 Å².